The van der Waals surface area contributed by atoms with Gasteiger partial charge >= 0.3 is 6.03 Å². The summed E-state index contributed by atoms with van der Waals surface area (Å²) in [6.45, 7) is 5.13. The van der Waals surface area contributed by atoms with Gasteiger partial charge in [-0.2, -0.15) is 0 Å². The van der Waals surface area contributed by atoms with Gasteiger partial charge in [0.25, 0.3) is 0 Å². The molecule has 0 saturated heterocycles. The van der Waals surface area contributed by atoms with Crippen molar-refractivity contribution in [1.29, 1.82) is 0 Å². The summed E-state index contributed by atoms with van der Waals surface area (Å²) < 4.78 is 0. The summed E-state index contributed by atoms with van der Waals surface area (Å²) in [5, 5.41) is 14.6. The fourth-order valence-corrected chi connectivity index (χ4v) is 1.71. The molecule has 2 amide bonds. The maximum atomic E-state index is 11.5. The second-order valence-corrected chi connectivity index (χ2v) is 4.75. The van der Waals surface area contributed by atoms with Gasteiger partial charge in [-0.05, 0) is 18.8 Å². The standard InChI is InChI=1S/C12H22N2O2/c1-9(2)5-6-13-12(16)14-11-4-3-10(7-11)8-15/h3-4,9-11,15H,5-8H2,1-2H3,(H2,13,14,16)/t10-,11+/m0/s1. The lowest BCUT2D eigenvalue weighted by atomic mass is 10.1. The zero-order valence-corrected chi connectivity index (χ0v) is 10.1. The van der Waals surface area contributed by atoms with Crippen molar-refractivity contribution in [2.45, 2.75) is 32.7 Å². The molecule has 3 N–H and O–H groups in total. The van der Waals surface area contributed by atoms with E-state index in [4.69, 9.17) is 5.11 Å². The van der Waals surface area contributed by atoms with Crippen molar-refractivity contribution >= 4 is 6.03 Å². The Balaban J connectivity index is 2.13. The summed E-state index contributed by atoms with van der Waals surface area (Å²) >= 11 is 0. The molecule has 0 bridgehead atoms. The van der Waals surface area contributed by atoms with Crippen LogP contribution in [0.25, 0.3) is 0 Å². The van der Waals surface area contributed by atoms with E-state index >= 15 is 0 Å². The quantitative estimate of drug-likeness (QED) is 0.618. The maximum Gasteiger partial charge on any atom is 0.315 e. The van der Waals surface area contributed by atoms with Crippen molar-refractivity contribution < 1.29 is 9.90 Å². The van der Waals surface area contributed by atoms with Crippen LogP contribution < -0.4 is 10.6 Å². The zero-order valence-electron chi connectivity index (χ0n) is 10.1. The molecule has 2 atom stereocenters. The molecule has 1 rings (SSSR count). The zero-order chi connectivity index (χ0) is 12.0. The minimum atomic E-state index is -0.117. The molecular weight excluding hydrogens is 204 g/mol. The highest BCUT2D eigenvalue weighted by Crippen LogP contribution is 2.16. The van der Waals surface area contributed by atoms with Gasteiger partial charge in [-0.15, -0.1) is 0 Å². The van der Waals surface area contributed by atoms with Crippen LogP contribution in [0.2, 0.25) is 0 Å². The summed E-state index contributed by atoms with van der Waals surface area (Å²) in [5.74, 6) is 0.798. The Labute approximate surface area is 97.1 Å². The van der Waals surface area contributed by atoms with E-state index in [1.54, 1.807) is 0 Å². The molecule has 4 heteroatoms. The third-order valence-electron chi connectivity index (χ3n) is 2.73. The van der Waals surface area contributed by atoms with E-state index in [-0.39, 0.29) is 24.6 Å². The van der Waals surface area contributed by atoms with Gasteiger partial charge in [-0.3, -0.25) is 0 Å². The highest BCUT2D eigenvalue weighted by atomic mass is 16.3. The van der Waals surface area contributed by atoms with Crippen LogP contribution >= 0.6 is 0 Å². The predicted molar refractivity (Wildman–Crippen MR) is 64.1 cm³/mol. The van der Waals surface area contributed by atoms with Gasteiger partial charge in [0, 0.05) is 25.1 Å². The predicted octanol–water partition coefficient (Wildman–Crippen LogP) is 1.27. The molecule has 0 heterocycles. The number of nitrogens with one attached hydrogen (secondary N) is 2. The summed E-state index contributed by atoms with van der Waals surface area (Å²) in [6.07, 6.45) is 5.70. The lowest BCUT2D eigenvalue weighted by molar-refractivity contribution is 0.231. The fraction of sp³-hybridized carbons (Fsp3) is 0.750. The van der Waals surface area contributed by atoms with Gasteiger partial charge in [0.15, 0.2) is 0 Å². The number of rotatable bonds is 5. The molecule has 0 aromatic heterocycles. The number of carbonyl (C=O) groups is 1. The molecule has 0 unspecified atom stereocenters. The summed E-state index contributed by atoms with van der Waals surface area (Å²) in [5.41, 5.74) is 0. The Morgan fingerprint density at radius 2 is 2.25 bits per heavy atom. The molecule has 4 nitrogen and oxygen atoms in total. The van der Waals surface area contributed by atoms with Crippen molar-refractivity contribution in [1.82, 2.24) is 10.6 Å². The fourth-order valence-electron chi connectivity index (χ4n) is 1.71. The highest BCUT2D eigenvalue weighted by Gasteiger charge is 2.19. The summed E-state index contributed by atoms with van der Waals surface area (Å²) in [7, 11) is 0. The number of hydrogen-bond acceptors (Lipinski definition) is 2. The van der Waals surface area contributed by atoms with Crippen molar-refractivity contribution in [3.05, 3.63) is 12.2 Å². The molecule has 0 aromatic rings. The molecule has 0 aliphatic heterocycles. The Kier molecular flexibility index (Phi) is 5.32. The van der Waals surface area contributed by atoms with Crippen LogP contribution in [-0.4, -0.2) is 30.3 Å². The SMILES string of the molecule is CC(C)CCNC(=O)N[C@@H]1C=C[C@H](CO)C1. The Bertz CT molecular complexity index is 251. The van der Waals surface area contributed by atoms with E-state index < -0.39 is 0 Å². The first-order chi connectivity index (χ1) is 7.61. The molecule has 0 saturated carbocycles. The summed E-state index contributed by atoms with van der Waals surface area (Å²) in [4.78, 5) is 11.5. The molecule has 0 spiro atoms. The van der Waals surface area contributed by atoms with E-state index in [0.717, 1.165) is 12.8 Å². The molecule has 1 aliphatic rings. The van der Waals surface area contributed by atoms with Crippen molar-refractivity contribution in [2.24, 2.45) is 11.8 Å². The van der Waals surface area contributed by atoms with E-state index in [9.17, 15) is 4.79 Å². The van der Waals surface area contributed by atoms with E-state index in [0.29, 0.717) is 12.5 Å². The number of carbonyl (C=O) groups excluding carboxylic acids is 1. The summed E-state index contributed by atoms with van der Waals surface area (Å²) in [6, 6.07) is -0.0508. The Morgan fingerprint density at radius 1 is 1.50 bits per heavy atom. The molecular formula is C12H22N2O2. The second kappa shape index (κ2) is 6.53. The maximum absolute atomic E-state index is 11.5. The van der Waals surface area contributed by atoms with Crippen LogP contribution in [-0.2, 0) is 0 Å². The van der Waals surface area contributed by atoms with E-state index in [1.807, 2.05) is 12.2 Å². The monoisotopic (exact) mass is 226 g/mol. The van der Waals surface area contributed by atoms with E-state index in [1.165, 1.54) is 0 Å². The average Bonchev–Trinajstić information content (AvgIpc) is 2.65. The van der Waals surface area contributed by atoms with Crippen LogP contribution in [0.3, 0.4) is 0 Å². The van der Waals surface area contributed by atoms with Crippen LogP contribution in [0.5, 0.6) is 0 Å². The Hall–Kier alpha value is -1.03. The number of aliphatic hydroxyl groups excluding tert-OH is 1. The van der Waals surface area contributed by atoms with Crippen molar-refractivity contribution in [3.63, 3.8) is 0 Å². The molecule has 92 valence electrons. The molecule has 1 aliphatic carbocycles. The normalized spacial score (nSPS) is 23.8. The topological polar surface area (TPSA) is 61.4 Å². The third kappa shape index (κ3) is 4.66. The van der Waals surface area contributed by atoms with Gasteiger partial charge in [-0.25, -0.2) is 4.79 Å². The Morgan fingerprint density at radius 3 is 2.81 bits per heavy atom. The van der Waals surface area contributed by atoms with Crippen LogP contribution in [0.1, 0.15) is 26.7 Å². The lowest BCUT2D eigenvalue weighted by Gasteiger charge is -2.14. The van der Waals surface area contributed by atoms with Crippen molar-refractivity contribution in [3.8, 4) is 0 Å². The first-order valence-corrected chi connectivity index (χ1v) is 5.95. The first-order valence-electron chi connectivity index (χ1n) is 5.95. The third-order valence-corrected chi connectivity index (χ3v) is 2.73. The molecule has 16 heavy (non-hydrogen) atoms. The van der Waals surface area contributed by atoms with E-state index in [2.05, 4.69) is 24.5 Å². The molecule has 0 radical (unpaired) electrons. The van der Waals surface area contributed by atoms with Gasteiger partial charge < -0.3 is 15.7 Å². The number of hydrogen-bond donors (Lipinski definition) is 3. The first kappa shape index (κ1) is 13.0. The van der Waals surface area contributed by atoms with Crippen LogP contribution in [0, 0.1) is 11.8 Å². The second-order valence-electron chi connectivity index (χ2n) is 4.75. The lowest BCUT2D eigenvalue weighted by Crippen LogP contribution is -2.41. The van der Waals surface area contributed by atoms with Gasteiger partial charge in [0.05, 0.1) is 0 Å². The number of amides is 2. The number of aliphatic hydroxyl groups is 1. The molecule has 0 fully saturated rings. The molecule has 0 aromatic carbocycles. The van der Waals surface area contributed by atoms with Crippen molar-refractivity contribution in [2.75, 3.05) is 13.2 Å². The van der Waals surface area contributed by atoms with Gasteiger partial charge in [-0.1, -0.05) is 26.0 Å². The number of urea groups is 1. The van der Waals surface area contributed by atoms with Crippen LogP contribution in [0.4, 0.5) is 4.79 Å². The minimum Gasteiger partial charge on any atom is -0.396 e. The smallest absolute Gasteiger partial charge is 0.315 e. The largest absolute Gasteiger partial charge is 0.396 e. The van der Waals surface area contributed by atoms with Crippen LogP contribution in [0.15, 0.2) is 12.2 Å². The minimum absolute atomic E-state index is 0.0659. The van der Waals surface area contributed by atoms with Gasteiger partial charge in [0.2, 0.25) is 0 Å². The van der Waals surface area contributed by atoms with Gasteiger partial charge in [0.1, 0.15) is 0 Å². The highest BCUT2D eigenvalue weighted by molar-refractivity contribution is 5.74. The average molecular weight is 226 g/mol.